The lowest BCUT2D eigenvalue weighted by Crippen LogP contribution is -2.41. The van der Waals surface area contributed by atoms with Crippen LogP contribution in [0.25, 0.3) is 21.5 Å². The van der Waals surface area contributed by atoms with Gasteiger partial charge in [-0.1, -0.05) is 233 Å². The van der Waals surface area contributed by atoms with Crippen molar-refractivity contribution >= 4 is 46.7 Å². The molecule has 69 heavy (non-hydrogen) atoms. The van der Waals surface area contributed by atoms with Gasteiger partial charge in [-0.05, 0) is 141 Å². The monoisotopic (exact) mass is 949 g/mol. The van der Waals surface area contributed by atoms with Crippen LogP contribution in [0.4, 0.5) is 0 Å². The molecular formula is C63H106B2O4. The highest BCUT2D eigenvalue weighted by Gasteiger charge is 2.55. The van der Waals surface area contributed by atoms with E-state index in [2.05, 4.69) is 140 Å². The van der Waals surface area contributed by atoms with Gasteiger partial charge in [0.05, 0.1) is 22.4 Å². The summed E-state index contributed by atoms with van der Waals surface area (Å²) in [6, 6.07) is 14.8. The van der Waals surface area contributed by atoms with Crippen LogP contribution < -0.4 is 10.9 Å². The number of fused-ring (bicyclic) bond motifs is 2. The van der Waals surface area contributed by atoms with Crippen LogP contribution in [-0.2, 0) is 31.5 Å². The van der Waals surface area contributed by atoms with Crippen molar-refractivity contribution < 1.29 is 18.6 Å². The summed E-state index contributed by atoms with van der Waals surface area (Å²) in [6.07, 6.45) is 33.0. The first-order valence-electron chi connectivity index (χ1n) is 29.6. The van der Waals surface area contributed by atoms with Gasteiger partial charge in [-0.15, -0.1) is 0 Å². The maximum absolute atomic E-state index is 7.11. The van der Waals surface area contributed by atoms with Crippen molar-refractivity contribution in [1.29, 1.82) is 0 Å². The first-order valence-corrected chi connectivity index (χ1v) is 29.6. The molecule has 0 bridgehead atoms. The molecule has 6 heteroatoms. The summed E-state index contributed by atoms with van der Waals surface area (Å²) < 4.78 is 28.4. The smallest absolute Gasteiger partial charge is 0.399 e. The van der Waals surface area contributed by atoms with Crippen LogP contribution in [-0.4, -0.2) is 36.6 Å². The average Bonchev–Trinajstić information content (AvgIpc) is 3.66. The fourth-order valence-corrected chi connectivity index (χ4v) is 12.4. The van der Waals surface area contributed by atoms with E-state index in [9.17, 15) is 0 Å². The summed E-state index contributed by atoms with van der Waals surface area (Å²) in [5, 5.41) is 4.84. The zero-order chi connectivity index (χ0) is 50.4. The Hall–Kier alpha value is -1.85. The number of hydrogen-bond donors (Lipinski definition) is 0. The highest BCUT2D eigenvalue weighted by Crippen LogP contribution is 2.42. The molecule has 0 amide bonds. The zero-order valence-electron chi connectivity index (χ0n) is 47.8. The maximum Gasteiger partial charge on any atom is 0.496 e. The van der Waals surface area contributed by atoms with Crippen LogP contribution in [0.2, 0.25) is 0 Å². The van der Waals surface area contributed by atoms with Crippen LogP contribution in [0.3, 0.4) is 0 Å². The van der Waals surface area contributed by atoms with Gasteiger partial charge in [0.2, 0.25) is 0 Å². The van der Waals surface area contributed by atoms with E-state index in [0.29, 0.717) is 11.8 Å². The van der Waals surface area contributed by atoms with E-state index in [1.165, 1.54) is 180 Å². The third kappa shape index (κ3) is 14.9. The molecule has 388 valence electrons. The Morgan fingerprint density at radius 1 is 0.391 bits per heavy atom. The van der Waals surface area contributed by atoms with Gasteiger partial charge in [-0.2, -0.15) is 0 Å². The summed E-state index contributed by atoms with van der Waals surface area (Å²) in [5.41, 5.74) is 3.27. The van der Waals surface area contributed by atoms with Crippen molar-refractivity contribution in [3.05, 3.63) is 47.5 Å². The van der Waals surface area contributed by atoms with Crippen LogP contribution in [0.5, 0.6) is 0 Å². The molecule has 5 unspecified atom stereocenters. The summed E-state index contributed by atoms with van der Waals surface area (Å²) in [6.45, 7) is 34.4. The van der Waals surface area contributed by atoms with Crippen molar-refractivity contribution in [2.24, 2.45) is 29.6 Å². The molecular weight excluding hydrogens is 842 g/mol. The van der Waals surface area contributed by atoms with E-state index in [-0.39, 0.29) is 0 Å². The Balaban J connectivity index is 1.67. The van der Waals surface area contributed by atoms with E-state index in [1.807, 2.05) is 0 Å². The molecule has 0 saturated carbocycles. The van der Waals surface area contributed by atoms with E-state index in [1.54, 1.807) is 0 Å². The van der Waals surface area contributed by atoms with Crippen LogP contribution >= 0.6 is 0 Å². The second-order valence-corrected chi connectivity index (χ2v) is 24.7. The molecule has 3 aromatic carbocycles. The largest absolute Gasteiger partial charge is 0.496 e. The average molecular weight is 949 g/mol. The Bertz CT molecular complexity index is 1950. The number of unbranched alkanes of at least 4 members (excludes halogenated alkanes) is 13. The Morgan fingerprint density at radius 3 is 1.14 bits per heavy atom. The molecule has 5 atom stereocenters. The maximum atomic E-state index is 7.11. The highest BCUT2D eigenvalue weighted by molar-refractivity contribution is 6.73. The summed E-state index contributed by atoms with van der Waals surface area (Å²) in [5.74, 6) is 3.45. The molecule has 4 nitrogen and oxygen atoms in total. The van der Waals surface area contributed by atoms with Gasteiger partial charge in [0, 0.05) is 0 Å². The topological polar surface area (TPSA) is 36.9 Å². The van der Waals surface area contributed by atoms with Gasteiger partial charge < -0.3 is 18.6 Å². The van der Waals surface area contributed by atoms with Gasteiger partial charge in [-0.25, -0.2) is 0 Å². The first kappa shape index (κ1) is 58.0. The number of benzene rings is 3. The summed E-state index contributed by atoms with van der Waals surface area (Å²) >= 11 is 0. The third-order valence-electron chi connectivity index (χ3n) is 18.3. The molecule has 2 fully saturated rings. The quantitative estimate of drug-likeness (QED) is 0.0355. The minimum absolute atomic E-state index is 0.471. The predicted octanol–water partition coefficient (Wildman–Crippen LogP) is 17.9. The first-order chi connectivity index (χ1) is 32.9. The van der Waals surface area contributed by atoms with Crippen molar-refractivity contribution in [3.63, 3.8) is 0 Å². The molecule has 0 spiro atoms. The lowest BCUT2D eigenvalue weighted by molar-refractivity contribution is 0.00578. The molecule has 5 rings (SSSR count). The van der Waals surface area contributed by atoms with Crippen molar-refractivity contribution in [3.8, 4) is 0 Å². The Labute approximate surface area is 427 Å². The summed E-state index contributed by atoms with van der Waals surface area (Å²) in [4.78, 5) is 0. The van der Waals surface area contributed by atoms with Crippen LogP contribution in [0.15, 0.2) is 36.4 Å². The van der Waals surface area contributed by atoms with Gasteiger partial charge in [-0.3, -0.25) is 0 Å². The Kier molecular flexibility index (Phi) is 22.6. The fraction of sp³-hybridized carbons (Fsp3) is 0.778. The molecule has 2 aliphatic heterocycles. The third-order valence-corrected chi connectivity index (χ3v) is 18.3. The molecule has 0 aromatic heterocycles. The molecule has 0 N–H and O–H groups in total. The molecule has 2 heterocycles. The zero-order valence-corrected chi connectivity index (χ0v) is 47.8. The highest BCUT2D eigenvalue weighted by atomic mass is 16.7. The van der Waals surface area contributed by atoms with Gasteiger partial charge in [0.1, 0.15) is 0 Å². The number of rotatable bonds is 32. The molecule has 2 saturated heterocycles. The summed E-state index contributed by atoms with van der Waals surface area (Å²) in [7, 11) is -1.01. The molecule has 2 aliphatic rings. The van der Waals surface area contributed by atoms with Crippen molar-refractivity contribution in [2.45, 2.75) is 287 Å². The van der Waals surface area contributed by atoms with Crippen molar-refractivity contribution in [2.75, 3.05) is 0 Å². The lowest BCUT2D eigenvalue weighted by atomic mass is 9.65. The van der Waals surface area contributed by atoms with Gasteiger partial charge >= 0.3 is 14.2 Å². The molecule has 0 aliphatic carbocycles. The SMILES string of the molecule is CCCCCCCCC(CC)C(Cc1ccc2c(B3OC(C)(C)C(C)(C)O3)c3cc(CC(C)C(CC)CCCCCCC)ccc3c(B3OC(C)(C)C(C)(C)O3)c2c1)C(CCC)CCCCCCC. The second kappa shape index (κ2) is 26.9. The van der Waals surface area contributed by atoms with Crippen molar-refractivity contribution in [1.82, 2.24) is 0 Å². The van der Waals surface area contributed by atoms with Gasteiger partial charge in [0.15, 0.2) is 0 Å². The molecule has 0 radical (unpaired) electrons. The lowest BCUT2D eigenvalue weighted by Gasteiger charge is -2.34. The standard InChI is InChI=1S/C63H106B2O4/c1-16-22-25-28-31-33-37-51(21-6)55(52(35-19-4)38-34-30-27-24-18-3)44-49-40-42-54-57(46-49)59(65-68-62(12,13)63(14,15)69-65)53-41-39-48(43-47(7)50(20-5)36-32-29-26-23-17-2)45-56(53)58(54)64-66-60(8,9)61(10,11)67-64/h39-42,45-47,50-52,55H,16-38,43-44H2,1-15H3. The van der Waals surface area contributed by atoms with E-state index >= 15 is 0 Å². The number of hydrogen-bond acceptors (Lipinski definition) is 4. The van der Waals surface area contributed by atoms with Gasteiger partial charge in [0.25, 0.3) is 0 Å². The van der Waals surface area contributed by atoms with E-state index in [0.717, 1.165) is 41.5 Å². The fourth-order valence-electron chi connectivity index (χ4n) is 12.4. The Morgan fingerprint density at radius 2 is 0.754 bits per heavy atom. The predicted molar refractivity (Wildman–Crippen MR) is 304 cm³/mol. The normalized spacial score (nSPS) is 19.7. The minimum atomic E-state index is -0.507. The second-order valence-electron chi connectivity index (χ2n) is 24.7. The minimum Gasteiger partial charge on any atom is -0.399 e. The van der Waals surface area contributed by atoms with E-state index < -0.39 is 36.6 Å². The van der Waals surface area contributed by atoms with E-state index in [4.69, 9.17) is 18.6 Å². The molecule has 3 aromatic rings. The van der Waals surface area contributed by atoms with Crippen LogP contribution in [0.1, 0.15) is 263 Å². The van der Waals surface area contributed by atoms with Crippen LogP contribution in [0, 0.1) is 29.6 Å².